The molecule has 0 aliphatic carbocycles. The fraction of sp³-hybridized carbons (Fsp3) is 0.364. The van der Waals surface area contributed by atoms with Crippen LogP contribution >= 0.6 is 0 Å². The Hall–Kier alpha value is -3.22. The zero-order valence-electron chi connectivity index (χ0n) is 16.9. The second-order valence-electron chi connectivity index (χ2n) is 7.41. The molecule has 2 heterocycles. The Morgan fingerprint density at radius 2 is 1.93 bits per heavy atom. The molecule has 0 unspecified atom stereocenters. The summed E-state index contributed by atoms with van der Waals surface area (Å²) < 4.78 is 5.33. The zero-order chi connectivity index (χ0) is 21.0. The lowest BCUT2D eigenvalue weighted by Crippen LogP contribution is -2.32. The van der Waals surface area contributed by atoms with Crippen LogP contribution in [0, 0.1) is 6.92 Å². The first kappa shape index (κ1) is 20.5. The number of aryl methyl sites for hydroxylation is 1. The number of aliphatic carboxylic acids is 1. The molecule has 0 aliphatic heterocycles. The Morgan fingerprint density at radius 3 is 2.59 bits per heavy atom. The van der Waals surface area contributed by atoms with Crippen molar-refractivity contribution in [1.29, 1.82) is 0 Å². The van der Waals surface area contributed by atoms with Gasteiger partial charge in [0.2, 0.25) is 0 Å². The molecule has 152 valence electrons. The van der Waals surface area contributed by atoms with E-state index >= 15 is 0 Å². The number of pyridine rings is 1. The highest BCUT2D eigenvalue weighted by molar-refractivity contribution is 6.06. The van der Waals surface area contributed by atoms with E-state index in [0.717, 1.165) is 11.3 Å². The van der Waals surface area contributed by atoms with Crippen LogP contribution in [-0.4, -0.2) is 38.6 Å². The van der Waals surface area contributed by atoms with Crippen molar-refractivity contribution in [2.45, 2.75) is 46.1 Å². The molecule has 1 aromatic carbocycles. The van der Waals surface area contributed by atoms with Crippen LogP contribution in [0.3, 0.4) is 0 Å². The molecular weight excluding hydrogens is 370 g/mol. The molecule has 0 radical (unpaired) electrons. The molecule has 0 saturated carbocycles. The molecule has 3 rings (SSSR count). The number of hydrogen-bond acceptors (Lipinski definition) is 5. The Balaban J connectivity index is 1.99. The summed E-state index contributed by atoms with van der Waals surface area (Å²) in [6.07, 6.45) is 0.385. The van der Waals surface area contributed by atoms with Crippen LogP contribution in [0.15, 0.2) is 40.9 Å². The number of carbonyl (C=O) groups is 2. The third-order valence-corrected chi connectivity index (χ3v) is 4.78. The molecule has 0 bridgehead atoms. The summed E-state index contributed by atoms with van der Waals surface area (Å²) >= 11 is 0. The van der Waals surface area contributed by atoms with Gasteiger partial charge in [0.05, 0.1) is 16.6 Å². The average Bonchev–Trinajstić information content (AvgIpc) is 3.07. The van der Waals surface area contributed by atoms with Gasteiger partial charge in [-0.15, -0.1) is 0 Å². The van der Waals surface area contributed by atoms with Gasteiger partial charge < -0.3 is 14.5 Å². The van der Waals surface area contributed by atoms with Gasteiger partial charge in [0.1, 0.15) is 0 Å². The Bertz CT molecular complexity index is 1010. The molecule has 7 heteroatoms. The van der Waals surface area contributed by atoms with Gasteiger partial charge in [-0.2, -0.15) is 0 Å². The number of carbonyl (C=O) groups excluding carboxylic acids is 1. The van der Waals surface area contributed by atoms with Gasteiger partial charge in [-0.25, -0.2) is 4.98 Å². The molecule has 0 atom stereocenters. The normalized spacial score (nSPS) is 11.2. The smallest absolute Gasteiger partial charge is 0.303 e. The average molecular weight is 395 g/mol. The summed E-state index contributed by atoms with van der Waals surface area (Å²) in [4.78, 5) is 30.7. The molecule has 0 fully saturated rings. The number of hydrogen-bond donors (Lipinski definition) is 1. The van der Waals surface area contributed by atoms with E-state index in [1.807, 2.05) is 44.2 Å². The molecule has 0 aliphatic rings. The molecule has 29 heavy (non-hydrogen) atoms. The molecule has 1 amide bonds. The molecule has 0 saturated heterocycles. The molecule has 7 nitrogen and oxygen atoms in total. The number of aromatic nitrogens is 2. The van der Waals surface area contributed by atoms with Crippen molar-refractivity contribution >= 4 is 23.0 Å². The van der Waals surface area contributed by atoms with E-state index < -0.39 is 5.97 Å². The topological polar surface area (TPSA) is 96.5 Å². The lowest BCUT2D eigenvalue weighted by molar-refractivity contribution is -0.137. The van der Waals surface area contributed by atoms with Crippen LogP contribution in [0.4, 0.5) is 0 Å². The van der Waals surface area contributed by atoms with Gasteiger partial charge in [-0.3, -0.25) is 9.59 Å². The SMILES string of the molecule is Cc1noc2nc(C(C)C)cc(C(=O)N(CCCC(=O)O)Cc3ccccc3)c12. The summed E-state index contributed by atoms with van der Waals surface area (Å²) in [5.41, 5.74) is 3.18. The van der Waals surface area contributed by atoms with Crippen LogP contribution in [0.5, 0.6) is 0 Å². The summed E-state index contributed by atoms with van der Waals surface area (Å²) in [5.74, 6) is -0.939. The maximum Gasteiger partial charge on any atom is 0.303 e. The van der Waals surface area contributed by atoms with Gasteiger partial charge in [0.15, 0.2) is 0 Å². The van der Waals surface area contributed by atoms with E-state index in [-0.39, 0.29) is 18.2 Å². The largest absolute Gasteiger partial charge is 0.481 e. The number of benzene rings is 1. The number of carboxylic acid groups (broad SMARTS) is 1. The van der Waals surface area contributed by atoms with Crippen LogP contribution < -0.4 is 0 Å². The van der Waals surface area contributed by atoms with Gasteiger partial charge >= 0.3 is 5.97 Å². The first-order valence-electron chi connectivity index (χ1n) is 9.68. The van der Waals surface area contributed by atoms with E-state index in [1.54, 1.807) is 17.9 Å². The molecule has 3 aromatic rings. The van der Waals surface area contributed by atoms with Crippen molar-refractivity contribution < 1.29 is 19.2 Å². The standard InChI is InChI=1S/C22H25N3O4/c1-14(2)18-12-17(20-15(3)24-29-21(20)23-18)22(28)25(11-7-10-19(26)27)13-16-8-5-4-6-9-16/h4-6,8-9,12,14H,7,10-11,13H2,1-3H3,(H,26,27). The van der Waals surface area contributed by atoms with Crippen LogP contribution in [0.1, 0.15) is 59.9 Å². The molecule has 0 spiro atoms. The highest BCUT2D eigenvalue weighted by Crippen LogP contribution is 2.26. The van der Waals surface area contributed by atoms with Crippen LogP contribution in [0.2, 0.25) is 0 Å². The first-order valence-corrected chi connectivity index (χ1v) is 9.68. The van der Waals surface area contributed by atoms with Gasteiger partial charge in [-0.1, -0.05) is 49.3 Å². The Labute approximate surface area is 169 Å². The summed E-state index contributed by atoms with van der Waals surface area (Å²) in [6, 6.07) is 11.5. The number of carboxylic acids is 1. The first-order chi connectivity index (χ1) is 13.9. The maximum absolute atomic E-state index is 13.5. The van der Waals surface area contributed by atoms with Crippen molar-refractivity contribution in [3.05, 3.63) is 58.9 Å². The van der Waals surface area contributed by atoms with Crippen molar-refractivity contribution in [3.63, 3.8) is 0 Å². The van der Waals surface area contributed by atoms with Crippen molar-refractivity contribution in [3.8, 4) is 0 Å². The van der Waals surface area contributed by atoms with E-state index in [4.69, 9.17) is 9.63 Å². The lowest BCUT2D eigenvalue weighted by atomic mass is 10.0. The maximum atomic E-state index is 13.5. The van der Waals surface area contributed by atoms with E-state index in [9.17, 15) is 9.59 Å². The monoisotopic (exact) mass is 395 g/mol. The minimum absolute atomic E-state index is 0.00780. The number of nitrogens with zero attached hydrogens (tertiary/aromatic N) is 3. The minimum atomic E-state index is -0.875. The van der Waals surface area contributed by atoms with Crippen molar-refractivity contribution in [2.24, 2.45) is 0 Å². The third kappa shape index (κ3) is 4.80. The fourth-order valence-corrected chi connectivity index (χ4v) is 3.23. The summed E-state index contributed by atoms with van der Waals surface area (Å²) in [6.45, 7) is 6.52. The fourth-order valence-electron chi connectivity index (χ4n) is 3.23. The quantitative estimate of drug-likeness (QED) is 0.615. The highest BCUT2D eigenvalue weighted by Gasteiger charge is 2.24. The van der Waals surface area contributed by atoms with Gasteiger partial charge in [-0.05, 0) is 30.9 Å². The second kappa shape index (κ2) is 8.86. The molecular formula is C22H25N3O4. The van der Waals surface area contributed by atoms with Gasteiger partial charge in [0.25, 0.3) is 11.6 Å². The Morgan fingerprint density at radius 1 is 1.21 bits per heavy atom. The lowest BCUT2D eigenvalue weighted by Gasteiger charge is -2.23. The number of fused-ring (bicyclic) bond motifs is 1. The summed E-state index contributed by atoms with van der Waals surface area (Å²) in [7, 11) is 0. The number of rotatable bonds is 8. The van der Waals surface area contributed by atoms with Crippen molar-refractivity contribution in [2.75, 3.05) is 6.54 Å². The molecule has 2 aromatic heterocycles. The zero-order valence-corrected chi connectivity index (χ0v) is 16.9. The Kier molecular flexibility index (Phi) is 6.26. The van der Waals surface area contributed by atoms with E-state index in [1.165, 1.54) is 0 Å². The predicted octanol–water partition coefficient (Wildman–Crippen LogP) is 4.16. The van der Waals surface area contributed by atoms with Gasteiger partial charge in [0, 0.05) is 25.2 Å². The number of amides is 1. The third-order valence-electron chi connectivity index (χ3n) is 4.78. The highest BCUT2D eigenvalue weighted by atomic mass is 16.5. The van der Waals surface area contributed by atoms with Crippen molar-refractivity contribution in [1.82, 2.24) is 15.0 Å². The predicted molar refractivity (Wildman–Crippen MR) is 109 cm³/mol. The van der Waals surface area contributed by atoms with Crippen LogP contribution in [0.25, 0.3) is 11.1 Å². The van der Waals surface area contributed by atoms with E-state index in [0.29, 0.717) is 41.9 Å². The van der Waals surface area contributed by atoms with Crippen LogP contribution in [-0.2, 0) is 11.3 Å². The van der Waals surface area contributed by atoms with E-state index in [2.05, 4.69) is 10.1 Å². The minimum Gasteiger partial charge on any atom is -0.481 e. The summed E-state index contributed by atoms with van der Waals surface area (Å²) in [5, 5.41) is 13.6. The molecule has 1 N–H and O–H groups in total. The second-order valence-corrected chi connectivity index (χ2v) is 7.41.